The number of cyclic esters (lactones) is 1. The predicted octanol–water partition coefficient (Wildman–Crippen LogP) is 3.35. The topological polar surface area (TPSA) is 129 Å². The normalized spacial score (nSPS) is 18.2. The number of esters is 2. The number of pyridine rings is 2. The second-order valence-electron chi connectivity index (χ2n) is 10.5. The van der Waals surface area contributed by atoms with Gasteiger partial charge < -0.3 is 24.0 Å². The van der Waals surface area contributed by atoms with Gasteiger partial charge >= 0.3 is 11.9 Å². The molecule has 0 bridgehead atoms. The molecule has 10 heteroatoms. The third kappa shape index (κ3) is 4.24. The van der Waals surface area contributed by atoms with Crippen molar-refractivity contribution in [2.75, 3.05) is 0 Å². The van der Waals surface area contributed by atoms with Crippen molar-refractivity contribution < 1.29 is 29.0 Å². The number of aromatic nitrogens is 2. The zero-order valence-corrected chi connectivity index (χ0v) is 22.0. The Morgan fingerprint density at radius 1 is 1.29 bits per heavy atom. The highest BCUT2D eigenvalue weighted by molar-refractivity contribution is 5.91. The number of hydrogen-bond acceptors (Lipinski definition) is 9. The minimum atomic E-state index is -1.89. The molecule has 10 nitrogen and oxygen atoms in total. The highest BCUT2D eigenvalue weighted by Crippen LogP contribution is 2.39. The lowest BCUT2D eigenvalue weighted by Crippen LogP contribution is -2.44. The molecule has 1 N–H and O–H groups in total. The molecule has 0 fully saturated rings. The third-order valence-corrected chi connectivity index (χ3v) is 6.71. The number of carbonyl (C=O) groups excluding carboxylic acids is 2. The molecular weight excluding hydrogens is 490 g/mol. The summed E-state index contributed by atoms with van der Waals surface area (Å²) in [5, 5.41) is 15.9. The molecular formula is C28H29N3O7. The van der Waals surface area contributed by atoms with E-state index in [1.54, 1.807) is 35.9 Å². The molecule has 0 amide bonds. The molecule has 0 aliphatic carbocycles. The smallest absolute Gasteiger partial charge is 0.343 e. The van der Waals surface area contributed by atoms with Gasteiger partial charge in [0, 0.05) is 41.6 Å². The van der Waals surface area contributed by atoms with E-state index in [0.29, 0.717) is 34.6 Å². The summed E-state index contributed by atoms with van der Waals surface area (Å²) in [6, 6.07) is 7.03. The Labute approximate surface area is 218 Å². The van der Waals surface area contributed by atoms with E-state index in [4.69, 9.17) is 19.3 Å². The van der Waals surface area contributed by atoms with Gasteiger partial charge in [0.2, 0.25) is 0 Å². The Morgan fingerprint density at radius 3 is 2.74 bits per heavy atom. The molecule has 1 atom stereocenters. The Morgan fingerprint density at radius 2 is 2.05 bits per heavy atom. The van der Waals surface area contributed by atoms with Crippen LogP contribution in [0.25, 0.3) is 22.3 Å². The maximum atomic E-state index is 13.4. The summed E-state index contributed by atoms with van der Waals surface area (Å²) in [5.41, 5.74) is 1.10. The van der Waals surface area contributed by atoms with Crippen LogP contribution in [-0.2, 0) is 44.3 Å². The van der Waals surface area contributed by atoms with E-state index < -0.39 is 23.1 Å². The Hall–Kier alpha value is -4.05. The van der Waals surface area contributed by atoms with Crippen molar-refractivity contribution in [3.05, 3.63) is 56.9 Å². The largest absolute Gasteiger partial charge is 0.458 e. The summed E-state index contributed by atoms with van der Waals surface area (Å²) < 4.78 is 12.2. The fraction of sp³-hybridized carbons (Fsp3) is 0.393. The minimum absolute atomic E-state index is 0.0719. The summed E-state index contributed by atoms with van der Waals surface area (Å²) in [7, 11) is 0. The minimum Gasteiger partial charge on any atom is -0.458 e. The van der Waals surface area contributed by atoms with Crippen LogP contribution in [0.5, 0.6) is 5.75 Å². The van der Waals surface area contributed by atoms with E-state index in [1.807, 2.05) is 26.8 Å². The van der Waals surface area contributed by atoms with Gasteiger partial charge in [-0.15, -0.1) is 0 Å². The lowest BCUT2D eigenvalue weighted by molar-refractivity contribution is -0.172. The summed E-state index contributed by atoms with van der Waals surface area (Å²) in [5.74, 6) is -0.825. The molecule has 5 rings (SSSR count). The van der Waals surface area contributed by atoms with Gasteiger partial charge in [0.1, 0.15) is 18.0 Å². The third-order valence-electron chi connectivity index (χ3n) is 6.71. The first kappa shape index (κ1) is 25.6. The summed E-state index contributed by atoms with van der Waals surface area (Å²) >= 11 is 0. The van der Waals surface area contributed by atoms with Gasteiger partial charge in [-0.05, 0) is 51.5 Å². The molecule has 1 aromatic carbocycles. The number of rotatable bonds is 5. The first-order valence-electron chi connectivity index (χ1n) is 12.4. The zero-order chi connectivity index (χ0) is 27.4. The van der Waals surface area contributed by atoms with Gasteiger partial charge in [-0.1, -0.05) is 12.1 Å². The van der Waals surface area contributed by atoms with Crippen molar-refractivity contribution in [3.8, 4) is 17.1 Å². The van der Waals surface area contributed by atoms with Gasteiger partial charge in [0.15, 0.2) is 5.60 Å². The van der Waals surface area contributed by atoms with Crippen LogP contribution in [0.1, 0.15) is 63.3 Å². The number of ether oxygens (including phenoxy) is 2. The highest BCUT2D eigenvalue weighted by atomic mass is 16.6. The van der Waals surface area contributed by atoms with E-state index in [2.05, 4.69) is 5.16 Å². The van der Waals surface area contributed by atoms with Crippen LogP contribution < -0.4 is 10.3 Å². The number of aliphatic hydroxyl groups is 1. The van der Waals surface area contributed by atoms with E-state index in [1.165, 1.54) is 6.92 Å². The number of fused-ring (bicyclic) bond motifs is 5. The molecule has 0 saturated carbocycles. The van der Waals surface area contributed by atoms with E-state index in [-0.39, 0.29) is 36.3 Å². The Kier molecular flexibility index (Phi) is 6.10. The summed E-state index contributed by atoms with van der Waals surface area (Å²) in [6.07, 6.45) is 2.00. The SMILES string of the molecule is CC[C@@]1(O)C(=O)OCc2c1cc1n(c2=O)Cc2cc3c(C/C=N/OC(C)(C)C)c(OC(C)=O)ccc3nc2-1. The van der Waals surface area contributed by atoms with Crippen LogP contribution >= 0.6 is 0 Å². The maximum absolute atomic E-state index is 13.4. The average Bonchev–Trinajstić information content (AvgIpc) is 3.21. The summed E-state index contributed by atoms with van der Waals surface area (Å²) in [4.78, 5) is 47.9. The molecule has 2 aromatic heterocycles. The van der Waals surface area contributed by atoms with E-state index in [0.717, 1.165) is 10.9 Å². The van der Waals surface area contributed by atoms with Crippen LogP contribution in [0.4, 0.5) is 0 Å². The molecule has 0 spiro atoms. The Balaban J connectivity index is 1.64. The summed E-state index contributed by atoms with van der Waals surface area (Å²) in [6.45, 7) is 8.74. The monoisotopic (exact) mass is 519 g/mol. The number of nitrogens with zero attached hydrogens (tertiary/aromatic N) is 3. The second kappa shape index (κ2) is 9.05. The van der Waals surface area contributed by atoms with Crippen LogP contribution in [0.15, 0.2) is 34.2 Å². The molecule has 3 aromatic rings. The van der Waals surface area contributed by atoms with Gasteiger partial charge in [-0.3, -0.25) is 9.59 Å². The predicted molar refractivity (Wildman–Crippen MR) is 139 cm³/mol. The second-order valence-corrected chi connectivity index (χ2v) is 10.5. The van der Waals surface area contributed by atoms with Crippen molar-refractivity contribution >= 4 is 29.1 Å². The van der Waals surface area contributed by atoms with Gasteiger partial charge in [0.05, 0.1) is 29.0 Å². The van der Waals surface area contributed by atoms with Crippen LogP contribution in [0.2, 0.25) is 0 Å². The highest BCUT2D eigenvalue weighted by Gasteiger charge is 2.45. The molecule has 0 saturated heterocycles. The molecule has 4 heterocycles. The lowest BCUT2D eigenvalue weighted by Gasteiger charge is -2.31. The molecule has 2 aliphatic rings. The Bertz CT molecular complexity index is 1580. The quantitative estimate of drug-likeness (QED) is 0.184. The molecule has 0 radical (unpaired) electrons. The van der Waals surface area contributed by atoms with E-state index >= 15 is 0 Å². The zero-order valence-electron chi connectivity index (χ0n) is 22.0. The van der Waals surface area contributed by atoms with Crippen molar-refractivity contribution in [1.29, 1.82) is 0 Å². The van der Waals surface area contributed by atoms with Crippen molar-refractivity contribution in [2.24, 2.45) is 5.16 Å². The van der Waals surface area contributed by atoms with Crippen LogP contribution in [-0.4, -0.2) is 38.4 Å². The fourth-order valence-electron chi connectivity index (χ4n) is 4.88. The van der Waals surface area contributed by atoms with Crippen LogP contribution in [0.3, 0.4) is 0 Å². The van der Waals surface area contributed by atoms with Gasteiger partial charge in [-0.25, -0.2) is 9.78 Å². The lowest BCUT2D eigenvalue weighted by atomic mass is 9.86. The first-order valence-corrected chi connectivity index (χ1v) is 12.4. The van der Waals surface area contributed by atoms with Crippen molar-refractivity contribution in [1.82, 2.24) is 9.55 Å². The van der Waals surface area contributed by atoms with Crippen LogP contribution in [0, 0.1) is 0 Å². The number of oxime groups is 1. The number of benzene rings is 1. The number of carbonyl (C=O) groups is 2. The fourth-order valence-corrected chi connectivity index (χ4v) is 4.88. The van der Waals surface area contributed by atoms with E-state index in [9.17, 15) is 19.5 Å². The average molecular weight is 520 g/mol. The maximum Gasteiger partial charge on any atom is 0.343 e. The number of hydrogen-bond donors (Lipinski definition) is 1. The molecule has 198 valence electrons. The molecule has 38 heavy (non-hydrogen) atoms. The molecule has 2 aliphatic heterocycles. The van der Waals surface area contributed by atoms with Crippen molar-refractivity contribution in [3.63, 3.8) is 0 Å². The van der Waals surface area contributed by atoms with Gasteiger partial charge in [-0.2, -0.15) is 0 Å². The van der Waals surface area contributed by atoms with Gasteiger partial charge in [0.25, 0.3) is 5.56 Å². The standard InChI is InChI=1S/C28H29N3O7/c1-6-28(35)20-12-22-24-16(13-31(22)25(33)19(20)14-36-26(28)34)11-18-17(9-10-29-38-27(3,4)5)23(37-15(2)32)8-7-21(18)30-24/h7-8,10-12,35H,6,9,13-14H2,1-5H3/b29-10+/t28-/m0/s1. The molecule has 0 unspecified atom stereocenters. The van der Waals surface area contributed by atoms with Crippen molar-refractivity contribution in [2.45, 2.75) is 71.8 Å². The first-order chi connectivity index (χ1) is 17.9.